The van der Waals surface area contributed by atoms with E-state index in [0.29, 0.717) is 5.76 Å². The number of rotatable bonds is 6. The summed E-state index contributed by atoms with van der Waals surface area (Å²) in [6, 6.07) is 7.33. The molecule has 0 fully saturated rings. The predicted octanol–water partition coefficient (Wildman–Crippen LogP) is 3.66. The summed E-state index contributed by atoms with van der Waals surface area (Å²) >= 11 is 1.66. The summed E-state index contributed by atoms with van der Waals surface area (Å²) < 4.78 is 5.55. The molecule has 0 saturated heterocycles. The summed E-state index contributed by atoms with van der Waals surface area (Å²) in [6.45, 7) is 4.14. The number of carbonyl (C=O) groups is 1. The van der Waals surface area contributed by atoms with Crippen LogP contribution in [0.5, 0.6) is 0 Å². The highest BCUT2D eigenvalue weighted by atomic mass is 32.2. The number of hydrogen-bond donors (Lipinski definition) is 1. The molecule has 112 valence electrons. The number of nitrogens with zero attached hydrogens (tertiary/aromatic N) is 1. The molecule has 2 aromatic heterocycles. The van der Waals surface area contributed by atoms with E-state index in [1.807, 2.05) is 24.5 Å². The van der Waals surface area contributed by atoms with Gasteiger partial charge < -0.3 is 9.73 Å². The van der Waals surface area contributed by atoms with Gasteiger partial charge >= 0.3 is 0 Å². The van der Waals surface area contributed by atoms with Crippen molar-refractivity contribution in [3.8, 4) is 0 Å². The zero-order valence-corrected chi connectivity index (χ0v) is 13.3. The highest BCUT2D eigenvalue weighted by molar-refractivity contribution is 7.97. The van der Waals surface area contributed by atoms with Crippen LogP contribution in [-0.2, 0) is 5.75 Å². The topological polar surface area (TPSA) is 55.1 Å². The molecule has 0 aliphatic carbocycles. The first kappa shape index (κ1) is 15.6. The minimum absolute atomic E-state index is 0.0831. The molecule has 0 aliphatic rings. The first-order valence-corrected chi connectivity index (χ1v) is 8.29. The molecular formula is C16H20N2O2S. The number of furan rings is 1. The van der Waals surface area contributed by atoms with Gasteiger partial charge in [0.2, 0.25) is 0 Å². The van der Waals surface area contributed by atoms with E-state index in [-0.39, 0.29) is 17.9 Å². The lowest BCUT2D eigenvalue weighted by atomic mass is 9.97. The second-order valence-corrected chi connectivity index (χ2v) is 6.05. The Bertz CT molecular complexity index is 581. The molecule has 1 amide bonds. The van der Waals surface area contributed by atoms with Gasteiger partial charge in [-0.25, -0.2) is 0 Å². The number of carbonyl (C=O) groups excluding carboxylic acids is 1. The smallest absolute Gasteiger partial charge is 0.287 e. The van der Waals surface area contributed by atoms with Crippen LogP contribution in [0.4, 0.5) is 0 Å². The van der Waals surface area contributed by atoms with Crippen LogP contribution in [0.25, 0.3) is 0 Å². The first-order valence-electron chi connectivity index (χ1n) is 6.90. The zero-order valence-electron chi connectivity index (χ0n) is 12.5. The average Bonchev–Trinajstić information content (AvgIpc) is 2.94. The molecule has 0 saturated carbocycles. The Labute approximate surface area is 129 Å². The Morgan fingerprint density at radius 2 is 2.19 bits per heavy atom. The molecule has 0 bridgehead atoms. The molecule has 1 N–H and O–H groups in total. The summed E-state index contributed by atoms with van der Waals surface area (Å²) in [4.78, 5) is 16.4. The number of aromatic nitrogens is 1. The molecule has 1 atom stereocenters. The maximum atomic E-state index is 12.3. The van der Waals surface area contributed by atoms with E-state index in [4.69, 9.17) is 4.42 Å². The molecule has 0 aliphatic heterocycles. The Balaban J connectivity index is 2.11. The van der Waals surface area contributed by atoms with Gasteiger partial charge in [-0.2, -0.15) is 11.8 Å². The van der Waals surface area contributed by atoms with Crippen LogP contribution in [-0.4, -0.2) is 17.1 Å². The van der Waals surface area contributed by atoms with Crippen LogP contribution in [0, 0.1) is 5.92 Å². The summed E-state index contributed by atoms with van der Waals surface area (Å²) in [5, 5.41) is 3.02. The van der Waals surface area contributed by atoms with Gasteiger partial charge in [0.1, 0.15) is 5.76 Å². The summed E-state index contributed by atoms with van der Waals surface area (Å²) in [7, 11) is 0. The minimum atomic E-state index is -0.190. The van der Waals surface area contributed by atoms with Crippen molar-refractivity contribution in [1.82, 2.24) is 10.3 Å². The molecule has 0 spiro atoms. The number of nitrogens with one attached hydrogen (secondary N) is 1. The van der Waals surface area contributed by atoms with Gasteiger partial charge in [-0.3, -0.25) is 9.78 Å². The molecular weight excluding hydrogens is 284 g/mol. The molecule has 0 radical (unpaired) electrons. The van der Waals surface area contributed by atoms with Gasteiger partial charge in [-0.05, 0) is 35.9 Å². The van der Waals surface area contributed by atoms with E-state index >= 15 is 0 Å². The third kappa shape index (κ3) is 4.11. The van der Waals surface area contributed by atoms with E-state index in [1.165, 1.54) is 0 Å². The van der Waals surface area contributed by atoms with Gasteiger partial charge in [0.05, 0.1) is 11.8 Å². The van der Waals surface area contributed by atoms with Crippen molar-refractivity contribution in [1.29, 1.82) is 0 Å². The lowest BCUT2D eigenvalue weighted by Crippen LogP contribution is -2.31. The molecule has 0 unspecified atom stereocenters. The summed E-state index contributed by atoms with van der Waals surface area (Å²) in [5.74, 6) is 2.01. The van der Waals surface area contributed by atoms with Gasteiger partial charge in [0, 0.05) is 12.4 Å². The standard InChI is InChI=1S/C16H20N2O2S/c1-11(2)15(12-5-4-8-17-9-12)18-16(19)14-7-6-13(20-14)10-21-3/h4-9,11,15H,10H2,1-3H3,(H,18,19)/t15-/m0/s1. The number of pyridine rings is 1. The Morgan fingerprint density at radius 3 is 2.81 bits per heavy atom. The average molecular weight is 304 g/mol. The monoisotopic (exact) mass is 304 g/mol. The fraction of sp³-hybridized carbons (Fsp3) is 0.375. The summed E-state index contributed by atoms with van der Waals surface area (Å²) in [6.07, 6.45) is 5.51. The van der Waals surface area contributed by atoms with Crippen LogP contribution in [0.1, 0.15) is 41.8 Å². The van der Waals surface area contributed by atoms with Crippen molar-refractivity contribution in [2.24, 2.45) is 5.92 Å². The Morgan fingerprint density at radius 1 is 1.38 bits per heavy atom. The number of thioether (sulfide) groups is 1. The lowest BCUT2D eigenvalue weighted by molar-refractivity contribution is 0.0896. The van der Waals surface area contributed by atoms with E-state index in [2.05, 4.69) is 24.1 Å². The predicted molar refractivity (Wildman–Crippen MR) is 85.2 cm³/mol. The lowest BCUT2D eigenvalue weighted by Gasteiger charge is -2.22. The molecule has 2 rings (SSSR count). The van der Waals surface area contributed by atoms with Gasteiger partial charge in [-0.15, -0.1) is 0 Å². The quantitative estimate of drug-likeness (QED) is 0.885. The number of amides is 1. The molecule has 21 heavy (non-hydrogen) atoms. The van der Waals surface area contributed by atoms with Crippen LogP contribution in [0.15, 0.2) is 41.1 Å². The van der Waals surface area contributed by atoms with Gasteiger partial charge in [0.15, 0.2) is 5.76 Å². The largest absolute Gasteiger partial charge is 0.455 e. The highest BCUT2D eigenvalue weighted by Crippen LogP contribution is 2.22. The van der Waals surface area contributed by atoms with Gasteiger partial charge in [-0.1, -0.05) is 19.9 Å². The van der Waals surface area contributed by atoms with Crippen LogP contribution < -0.4 is 5.32 Å². The second kappa shape index (κ2) is 7.31. The Kier molecular flexibility index (Phi) is 5.44. The van der Waals surface area contributed by atoms with Crippen molar-refractivity contribution in [2.75, 3.05) is 6.26 Å². The molecule has 2 heterocycles. The minimum Gasteiger partial charge on any atom is -0.455 e. The molecule has 5 heteroatoms. The molecule has 0 aromatic carbocycles. The fourth-order valence-corrected chi connectivity index (χ4v) is 2.57. The van der Waals surface area contributed by atoms with E-state index in [1.54, 1.807) is 30.2 Å². The van der Waals surface area contributed by atoms with Crippen molar-refractivity contribution < 1.29 is 9.21 Å². The first-order chi connectivity index (χ1) is 10.1. The van der Waals surface area contributed by atoms with Crippen LogP contribution in [0.2, 0.25) is 0 Å². The Hall–Kier alpha value is -1.75. The zero-order chi connectivity index (χ0) is 15.2. The second-order valence-electron chi connectivity index (χ2n) is 5.18. The maximum absolute atomic E-state index is 12.3. The van der Waals surface area contributed by atoms with E-state index in [9.17, 15) is 4.79 Å². The molecule has 2 aromatic rings. The SMILES string of the molecule is CSCc1ccc(C(=O)N[C@H](c2cccnc2)C(C)C)o1. The third-order valence-corrected chi connectivity index (χ3v) is 3.74. The third-order valence-electron chi connectivity index (χ3n) is 3.17. The maximum Gasteiger partial charge on any atom is 0.287 e. The van der Waals surface area contributed by atoms with Crippen LogP contribution in [0.3, 0.4) is 0 Å². The van der Waals surface area contributed by atoms with E-state index in [0.717, 1.165) is 17.1 Å². The summed E-state index contributed by atoms with van der Waals surface area (Å²) in [5.41, 5.74) is 0.997. The normalized spacial score (nSPS) is 12.4. The fourth-order valence-electron chi connectivity index (χ4n) is 2.13. The van der Waals surface area contributed by atoms with Crippen molar-refractivity contribution in [2.45, 2.75) is 25.6 Å². The van der Waals surface area contributed by atoms with Crippen molar-refractivity contribution in [3.05, 3.63) is 53.7 Å². The van der Waals surface area contributed by atoms with E-state index < -0.39 is 0 Å². The number of hydrogen-bond acceptors (Lipinski definition) is 4. The van der Waals surface area contributed by atoms with Crippen LogP contribution >= 0.6 is 11.8 Å². The van der Waals surface area contributed by atoms with Crippen molar-refractivity contribution in [3.63, 3.8) is 0 Å². The van der Waals surface area contributed by atoms with Crippen molar-refractivity contribution >= 4 is 17.7 Å². The molecule has 4 nitrogen and oxygen atoms in total. The van der Waals surface area contributed by atoms with Gasteiger partial charge in [0.25, 0.3) is 5.91 Å². The highest BCUT2D eigenvalue weighted by Gasteiger charge is 2.21.